The Balaban J connectivity index is 2.06. The maximum absolute atomic E-state index is 12.7. The summed E-state index contributed by atoms with van der Waals surface area (Å²) < 4.78 is 13.2. The average Bonchev–Trinajstić information content (AvgIpc) is 2.37. The first kappa shape index (κ1) is 13.5. The van der Waals surface area contributed by atoms with Crippen LogP contribution in [-0.4, -0.2) is 4.92 Å². The Bertz CT molecular complexity index is 602. The molecular weight excluding hydrogens is 315 g/mol. The molecule has 0 radical (unpaired) electrons. The van der Waals surface area contributed by atoms with Crippen LogP contribution in [0.4, 0.5) is 15.8 Å². The lowest BCUT2D eigenvalue weighted by Crippen LogP contribution is -2.00. The van der Waals surface area contributed by atoms with E-state index in [2.05, 4.69) is 21.2 Å². The average molecular weight is 325 g/mol. The van der Waals surface area contributed by atoms with Crippen molar-refractivity contribution in [3.05, 3.63) is 68.4 Å². The number of halogens is 2. The molecule has 2 aromatic rings. The van der Waals surface area contributed by atoms with Gasteiger partial charge in [0.25, 0.3) is 5.69 Å². The second-order valence-electron chi connectivity index (χ2n) is 3.90. The van der Waals surface area contributed by atoms with Crippen LogP contribution in [0.1, 0.15) is 5.56 Å². The largest absolute Gasteiger partial charge is 0.381 e. The Morgan fingerprint density at radius 2 is 1.89 bits per heavy atom. The van der Waals surface area contributed by atoms with Crippen molar-refractivity contribution in [3.8, 4) is 0 Å². The van der Waals surface area contributed by atoms with E-state index in [9.17, 15) is 14.5 Å². The Morgan fingerprint density at radius 1 is 1.21 bits per heavy atom. The lowest BCUT2D eigenvalue weighted by atomic mass is 10.2. The Labute approximate surface area is 117 Å². The van der Waals surface area contributed by atoms with Crippen molar-refractivity contribution in [3.63, 3.8) is 0 Å². The molecule has 4 nitrogen and oxygen atoms in total. The van der Waals surface area contributed by atoms with Crippen LogP contribution in [0.5, 0.6) is 0 Å². The summed E-state index contributed by atoms with van der Waals surface area (Å²) in [4.78, 5) is 10.2. The Kier molecular flexibility index (Phi) is 4.11. The molecule has 0 saturated carbocycles. The van der Waals surface area contributed by atoms with E-state index < -0.39 is 4.92 Å². The summed E-state index contributed by atoms with van der Waals surface area (Å²) in [6.45, 7) is 0.518. The van der Waals surface area contributed by atoms with Crippen LogP contribution < -0.4 is 5.32 Å². The Morgan fingerprint density at radius 3 is 2.47 bits per heavy atom. The van der Waals surface area contributed by atoms with Gasteiger partial charge in [-0.2, -0.15) is 0 Å². The first-order valence-corrected chi connectivity index (χ1v) is 6.28. The van der Waals surface area contributed by atoms with Crippen LogP contribution in [0.15, 0.2) is 46.9 Å². The number of nitrogens with one attached hydrogen (secondary N) is 1. The minimum Gasteiger partial charge on any atom is -0.381 e. The molecule has 6 heteroatoms. The molecule has 0 atom stereocenters. The highest BCUT2D eigenvalue weighted by molar-refractivity contribution is 9.10. The zero-order valence-electron chi connectivity index (χ0n) is 9.77. The molecule has 1 N–H and O–H groups in total. The number of benzene rings is 2. The smallest absolute Gasteiger partial charge is 0.283 e. The minimum absolute atomic E-state index is 0.0207. The predicted octanol–water partition coefficient (Wildman–Crippen LogP) is 4.11. The van der Waals surface area contributed by atoms with Crippen molar-refractivity contribution < 1.29 is 9.31 Å². The maximum atomic E-state index is 12.7. The van der Waals surface area contributed by atoms with Gasteiger partial charge in [-0.25, -0.2) is 4.39 Å². The molecule has 0 fully saturated rings. The van der Waals surface area contributed by atoms with Crippen molar-refractivity contribution >= 4 is 27.3 Å². The van der Waals surface area contributed by atoms with Crippen molar-refractivity contribution in [1.29, 1.82) is 0 Å². The summed E-state index contributed by atoms with van der Waals surface area (Å²) in [6, 6.07) is 10.8. The fraction of sp³-hybridized carbons (Fsp3) is 0.0769. The van der Waals surface area contributed by atoms with Gasteiger partial charge in [0.15, 0.2) is 0 Å². The summed E-state index contributed by atoms with van der Waals surface area (Å²) in [5, 5.41) is 13.8. The molecule has 0 aliphatic rings. The van der Waals surface area contributed by atoms with Gasteiger partial charge in [0, 0.05) is 18.3 Å². The van der Waals surface area contributed by atoms with Crippen LogP contribution in [-0.2, 0) is 6.54 Å². The number of anilines is 1. The highest BCUT2D eigenvalue weighted by Gasteiger charge is 2.11. The van der Waals surface area contributed by atoms with Gasteiger partial charge in [0.2, 0.25) is 0 Å². The second kappa shape index (κ2) is 5.79. The van der Waals surface area contributed by atoms with E-state index >= 15 is 0 Å². The highest BCUT2D eigenvalue weighted by atomic mass is 79.9. The number of hydrogen-bond acceptors (Lipinski definition) is 3. The van der Waals surface area contributed by atoms with Crippen LogP contribution in [0.3, 0.4) is 0 Å². The van der Waals surface area contributed by atoms with E-state index in [4.69, 9.17) is 0 Å². The molecule has 0 heterocycles. The molecular formula is C13H10BrFN2O2. The first-order chi connectivity index (χ1) is 9.06. The molecule has 0 aliphatic carbocycles. The van der Waals surface area contributed by atoms with Gasteiger partial charge in [-0.15, -0.1) is 0 Å². The number of rotatable bonds is 4. The van der Waals surface area contributed by atoms with Crippen molar-refractivity contribution in [1.82, 2.24) is 0 Å². The lowest BCUT2D eigenvalue weighted by Gasteiger charge is -2.07. The molecule has 2 aromatic carbocycles. The minimum atomic E-state index is -0.451. The third-order valence-corrected chi connectivity index (χ3v) is 3.19. The van der Waals surface area contributed by atoms with E-state index in [-0.39, 0.29) is 11.5 Å². The summed E-state index contributed by atoms with van der Waals surface area (Å²) in [6.07, 6.45) is 0. The molecule has 0 amide bonds. The molecule has 0 unspecified atom stereocenters. The van der Waals surface area contributed by atoms with Crippen molar-refractivity contribution in [2.24, 2.45) is 0 Å². The second-order valence-corrected chi connectivity index (χ2v) is 4.76. The first-order valence-electron chi connectivity index (χ1n) is 5.48. The van der Waals surface area contributed by atoms with E-state index in [1.807, 2.05) is 0 Å². The van der Waals surface area contributed by atoms with Gasteiger partial charge < -0.3 is 5.32 Å². The van der Waals surface area contributed by atoms with Gasteiger partial charge in [-0.3, -0.25) is 10.1 Å². The maximum Gasteiger partial charge on any atom is 0.283 e. The van der Waals surface area contributed by atoms with Crippen LogP contribution >= 0.6 is 15.9 Å². The van der Waals surface area contributed by atoms with E-state index in [0.717, 1.165) is 11.3 Å². The van der Waals surface area contributed by atoms with Gasteiger partial charge >= 0.3 is 0 Å². The number of nitrogens with zero attached hydrogens (tertiary/aromatic N) is 1. The normalized spacial score (nSPS) is 10.2. The number of hydrogen-bond donors (Lipinski definition) is 1. The molecule has 0 saturated heterocycles. The summed E-state index contributed by atoms with van der Waals surface area (Å²) in [5.74, 6) is -0.276. The van der Waals surface area contributed by atoms with Crippen molar-refractivity contribution in [2.45, 2.75) is 6.54 Å². The summed E-state index contributed by atoms with van der Waals surface area (Å²) >= 11 is 3.15. The molecule has 98 valence electrons. The van der Waals surface area contributed by atoms with Crippen LogP contribution in [0.2, 0.25) is 0 Å². The zero-order valence-corrected chi connectivity index (χ0v) is 11.4. The van der Waals surface area contributed by atoms with Gasteiger partial charge in [0.05, 0.1) is 9.40 Å². The lowest BCUT2D eigenvalue weighted by molar-refractivity contribution is -0.385. The van der Waals surface area contributed by atoms with Gasteiger partial charge in [-0.05, 0) is 45.8 Å². The zero-order chi connectivity index (χ0) is 13.8. The fourth-order valence-corrected chi connectivity index (χ4v) is 2.09. The molecule has 0 aromatic heterocycles. The van der Waals surface area contributed by atoms with E-state index in [1.54, 1.807) is 24.3 Å². The standard InChI is InChI=1S/C13H10BrFN2O2/c14-12-7-11(5-6-13(12)17(18)19)16-8-9-1-3-10(15)4-2-9/h1-7,16H,8H2. The molecule has 19 heavy (non-hydrogen) atoms. The number of nitro groups is 1. The summed E-state index contributed by atoms with van der Waals surface area (Å²) in [7, 11) is 0. The third-order valence-electron chi connectivity index (χ3n) is 2.55. The fourth-order valence-electron chi connectivity index (χ4n) is 1.57. The van der Waals surface area contributed by atoms with E-state index in [1.165, 1.54) is 18.2 Å². The molecule has 0 spiro atoms. The Hall–Kier alpha value is -1.95. The van der Waals surface area contributed by atoms with Crippen LogP contribution in [0, 0.1) is 15.9 Å². The number of nitro benzene ring substituents is 1. The van der Waals surface area contributed by atoms with Gasteiger partial charge in [-0.1, -0.05) is 12.1 Å². The van der Waals surface area contributed by atoms with E-state index in [0.29, 0.717) is 11.0 Å². The van der Waals surface area contributed by atoms with Crippen LogP contribution in [0.25, 0.3) is 0 Å². The molecule has 0 bridgehead atoms. The van der Waals surface area contributed by atoms with Crippen molar-refractivity contribution in [2.75, 3.05) is 5.32 Å². The predicted molar refractivity (Wildman–Crippen MR) is 74.5 cm³/mol. The SMILES string of the molecule is O=[N+]([O-])c1ccc(NCc2ccc(F)cc2)cc1Br. The summed E-state index contributed by atoms with van der Waals surface area (Å²) in [5.41, 5.74) is 1.70. The third kappa shape index (κ3) is 3.51. The molecule has 0 aliphatic heterocycles. The topological polar surface area (TPSA) is 55.2 Å². The molecule has 2 rings (SSSR count). The highest BCUT2D eigenvalue weighted by Crippen LogP contribution is 2.27. The van der Waals surface area contributed by atoms with Gasteiger partial charge in [0.1, 0.15) is 5.82 Å². The monoisotopic (exact) mass is 324 g/mol. The quantitative estimate of drug-likeness (QED) is 0.680.